The van der Waals surface area contributed by atoms with Gasteiger partial charge in [0.05, 0.1) is 11.3 Å². The highest BCUT2D eigenvalue weighted by molar-refractivity contribution is 6.17. The molecular formula is C24H20ClN5O2. The van der Waals surface area contributed by atoms with Crippen LogP contribution in [0.3, 0.4) is 0 Å². The molecule has 0 saturated heterocycles. The number of alkyl halides is 1. The number of nitrogens with zero attached hydrogens (tertiary/aromatic N) is 3. The number of anilines is 3. The third-order valence-corrected chi connectivity index (χ3v) is 5.15. The molecule has 2 N–H and O–H groups in total. The monoisotopic (exact) mass is 445 g/mol. The van der Waals surface area contributed by atoms with E-state index in [1.807, 2.05) is 43.3 Å². The van der Waals surface area contributed by atoms with Crippen LogP contribution in [0, 0.1) is 12.1 Å². The van der Waals surface area contributed by atoms with Gasteiger partial charge in [-0.25, -0.2) is 9.97 Å². The third-order valence-electron chi connectivity index (χ3n) is 4.84. The Hall–Kier alpha value is -3.97. The van der Waals surface area contributed by atoms with Gasteiger partial charge in [-0.15, -0.1) is 11.6 Å². The molecule has 7 nitrogen and oxygen atoms in total. The van der Waals surface area contributed by atoms with Crippen LogP contribution in [0.2, 0.25) is 0 Å². The second-order valence-corrected chi connectivity index (χ2v) is 7.42. The van der Waals surface area contributed by atoms with Gasteiger partial charge in [0.15, 0.2) is 12.4 Å². The Labute approximate surface area is 190 Å². The second kappa shape index (κ2) is 9.45. The number of aromatic nitrogens is 3. The lowest BCUT2D eigenvalue weighted by atomic mass is 10.1. The lowest BCUT2D eigenvalue weighted by molar-refractivity contribution is -0.604. The van der Waals surface area contributed by atoms with Crippen LogP contribution in [0.1, 0.15) is 21.5 Å². The Morgan fingerprint density at radius 1 is 1.12 bits per heavy atom. The Bertz CT molecular complexity index is 1260. The Morgan fingerprint density at radius 3 is 2.69 bits per heavy atom. The van der Waals surface area contributed by atoms with E-state index in [0.29, 0.717) is 34.3 Å². The summed E-state index contributed by atoms with van der Waals surface area (Å²) in [5.74, 6) is 0.570. The lowest BCUT2D eigenvalue weighted by Gasteiger charge is -2.12. The van der Waals surface area contributed by atoms with Crippen molar-refractivity contribution >= 4 is 34.8 Å². The number of hydrogen-bond acceptors (Lipinski definition) is 5. The normalized spacial score (nSPS) is 10.6. The van der Waals surface area contributed by atoms with Crippen molar-refractivity contribution in [1.82, 2.24) is 9.97 Å². The summed E-state index contributed by atoms with van der Waals surface area (Å²) < 4.78 is 0.726. The summed E-state index contributed by atoms with van der Waals surface area (Å²) >= 11 is 5.81. The van der Waals surface area contributed by atoms with Crippen LogP contribution in [0.25, 0.3) is 11.3 Å². The maximum atomic E-state index is 12.6. The zero-order valence-electron chi connectivity index (χ0n) is 17.2. The molecule has 2 heterocycles. The van der Waals surface area contributed by atoms with E-state index in [1.54, 1.807) is 30.5 Å². The van der Waals surface area contributed by atoms with Crippen molar-refractivity contribution in [2.75, 3.05) is 10.6 Å². The number of nitrogens with one attached hydrogen (secondary N) is 2. The van der Waals surface area contributed by atoms with Gasteiger partial charge in [0, 0.05) is 35.1 Å². The molecule has 2 aromatic heterocycles. The zero-order chi connectivity index (χ0) is 22.5. The van der Waals surface area contributed by atoms with Crippen LogP contribution in [0.5, 0.6) is 0 Å². The number of amides is 1. The number of pyridine rings is 1. The van der Waals surface area contributed by atoms with E-state index in [2.05, 4.69) is 20.6 Å². The highest BCUT2D eigenvalue weighted by atomic mass is 35.5. The van der Waals surface area contributed by atoms with E-state index in [-0.39, 0.29) is 5.91 Å². The number of benzene rings is 2. The van der Waals surface area contributed by atoms with E-state index in [9.17, 15) is 10.0 Å². The number of hydrogen-bond donors (Lipinski definition) is 2. The number of carbonyl (C=O) groups excluding carboxylic acids is 1. The highest BCUT2D eigenvalue weighted by Crippen LogP contribution is 2.24. The minimum Gasteiger partial charge on any atom is -0.619 e. The molecule has 0 bridgehead atoms. The van der Waals surface area contributed by atoms with Gasteiger partial charge in [0.25, 0.3) is 5.91 Å². The summed E-state index contributed by atoms with van der Waals surface area (Å²) in [6.45, 7) is 1.94. The minimum atomic E-state index is -0.214. The van der Waals surface area contributed by atoms with Crippen LogP contribution >= 0.6 is 11.6 Å². The highest BCUT2D eigenvalue weighted by Gasteiger charge is 2.10. The number of halogens is 1. The predicted octanol–water partition coefficient (Wildman–Crippen LogP) is 4.82. The molecule has 0 aliphatic rings. The second-order valence-electron chi connectivity index (χ2n) is 7.16. The summed E-state index contributed by atoms with van der Waals surface area (Å²) in [4.78, 5) is 21.4. The first-order valence-electron chi connectivity index (χ1n) is 9.88. The molecule has 4 rings (SSSR count). The molecule has 0 aliphatic carbocycles. The van der Waals surface area contributed by atoms with Gasteiger partial charge in [-0.3, -0.25) is 4.79 Å². The van der Waals surface area contributed by atoms with E-state index >= 15 is 0 Å². The van der Waals surface area contributed by atoms with E-state index in [0.717, 1.165) is 21.5 Å². The van der Waals surface area contributed by atoms with Crippen molar-refractivity contribution in [2.45, 2.75) is 12.8 Å². The largest absolute Gasteiger partial charge is 0.619 e. The van der Waals surface area contributed by atoms with E-state index in [4.69, 9.17) is 11.6 Å². The number of carbonyl (C=O) groups is 1. The van der Waals surface area contributed by atoms with E-state index < -0.39 is 0 Å². The standard InChI is InChI=1S/C24H20ClN5O2/c1-16-4-9-20(27-23(31)18-7-5-17(14-25)6-8-18)13-22(16)29-24-26-11-10-21(28-24)19-3-2-12-30(32)15-19/h2-13,15H,14H2,1H3,(H,27,31)(H,26,28,29). The molecule has 8 heteroatoms. The molecule has 1 amide bonds. The molecule has 0 saturated carbocycles. The molecule has 4 aromatic rings. The summed E-state index contributed by atoms with van der Waals surface area (Å²) in [6.07, 6.45) is 4.49. The molecule has 0 spiro atoms. The maximum absolute atomic E-state index is 12.6. The van der Waals surface area contributed by atoms with Crippen molar-refractivity contribution in [3.8, 4) is 11.3 Å². The van der Waals surface area contributed by atoms with Crippen LogP contribution in [-0.2, 0) is 5.88 Å². The fourth-order valence-electron chi connectivity index (χ4n) is 3.09. The predicted molar refractivity (Wildman–Crippen MR) is 125 cm³/mol. The van der Waals surface area contributed by atoms with Gasteiger partial charge in [-0.05, 0) is 54.4 Å². The molecule has 0 atom stereocenters. The van der Waals surface area contributed by atoms with Crippen LogP contribution in [0.15, 0.2) is 79.3 Å². The topological polar surface area (TPSA) is 93.9 Å². The minimum absolute atomic E-state index is 0.214. The molecule has 160 valence electrons. The smallest absolute Gasteiger partial charge is 0.255 e. The van der Waals surface area contributed by atoms with Gasteiger partial charge in [0.1, 0.15) is 0 Å². The van der Waals surface area contributed by atoms with Gasteiger partial charge >= 0.3 is 0 Å². The Kier molecular flexibility index (Phi) is 6.28. The molecule has 0 unspecified atom stereocenters. The first-order chi connectivity index (χ1) is 15.5. The zero-order valence-corrected chi connectivity index (χ0v) is 18.0. The van der Waals surface area contributed by atoms with Crippen molar-refractivity contribution in [3.05, 3.63) is 101 Å². The average molecular weight is 446 g/mol. The fraction of sp³-hybridized carbons (Fsp3) is 0.0833. The van der Waals surface area contributed by atoms with Crippen LogP contribution < -0.4 is 15.4 Å². The molecule has 0 fully saturated rings. The van der Waals surface area contributed by atoms with Gasteiger partial charge in [-0.1, -0.05) is 18.2 Å². The molecule has 32 heavy (non-hydrogen) atoms. The lowest BCUT2D eigenvalue weighted by Crippen LogP contribution is -2.24. The summed E-state index contributed by atoms with van der Waals surface area (Å²) in [7, 11) is 0. The number of aryl methyl sites for hydroxylation is 1. The third kappa shape index (κ3) is 5.01. The van der Waals surface area contributed by atoms with Crippen molar-refractivity contribution in [2.24, 2.45) is 0 Å². The molecule has 0 aliphatic heterocycles. The fourth-order valence-corrected chi connectivity index (χ4v) is 3.27. The Balaban J connectivity index is 1.53. The van der Waals surface area contributed by atoms with Crippen LogP contribution in [-0.4, -0.2) is 15.9 Å². The molecule has 0 radical (unpaired) electrons. The summed E-state index contributed by atoms with van der Waals surface area (Å²) in [6, 6.07) is 17.9. The van der Waals surface area contributed by atoms with Crippen LogP contribution in [0.4, 0.5) is 17.3 Å². The van der Waals surface area contributed by atoms with Crippen molar-refractivity contribution in [3.63, 3.8) is 0 Å². The Morgan fingerprint density at radius 2 is 1.94 bits per heavy atom. The van der Waals surface area contributed by atoms with Crippen molar-refractivity contribution in [1.29, 1.82) is 0 Å². The van der Waals surface area contributed by atoms with Gasteiger partial charge < -0.3 is 15.8 Å². The first kappa shape index (κ1) is 21.3. The number of rotatable bonds is 6. The quantitative estimate of drug-likeness (QED) is 0.252. The molecule has 2 aromatic carbocycles. The summed E-state index contributed by atoms with van der Waals surface area (Å²) in [5.41, 5.74) is 5.15. The van der Waals surface area contributed by atoms with Gasteiger partial charge in [0.2, 0.25) is 5.95 Å². The van der Waals surface area contributed by atoms with Crippen molar-refractivity contribution < 1.29 is 9.52 Å². The maximum Gasteiger partial charge on any atom is 0.255 e. The first-order valence-corrected chi connectivity index (χ1v) is 10.4. The van der Waals surface area contributed by atoms with Gasteiger partial charge in [-0.2, -0.15) is 4.73 Å². The average Bonchev–Trinajstić information content (AvgIpc) is 2.81. The molecular weight excluding hydrogens is 426 g/mol. The van der Waals surface area contributed by atoms with E-state index in [1.165, 1.54) is 12.4 Å². The summed E-state index contributed by atoms with van der Waals surface area (Å²) in [5, 5.41) is 17.7. The SMILES string of the molecule is Cc1ccc(NC(=O)c2ccc(CCl)cc2)cc1Nc1nccc(-c2ccc[n+]([O-])c2)n1.